The second kappa shape index (κ2) is 15.8. The van der Waals surface area contributed by atoms with Crippen molar-refractivity contribution in [3.05, 3.63) is 0 Å². The Morgan fingerprint density at radius 2 is 1.00 bits per heavy atom. The van der Waals surface area contributed by atoms with E-state index >= 15 is 0 Å². The third-order valence-electron chi connectivity index (χ3n) is 0. The van der Waals surface area contributed by atoms with E-state index in [1.165, 1.54) is 0 Å². The molecule has 0 fully saturated rings. The van der Waals surface area contributed by atoms with Gasteiger partial charge in [-0.3, -0.25) is 0 Å². The van der Waals surface area contributed by atoms with Crippen molar-refractivity contribution in [1.82, 2.24) is 0 Å². The van der Waals surface area contributed by atoms with Crippen molar-refractivity contribution in [2.24, 2.45) is 0 Å². The third-order valence-corrected chi connectivity index (χ3v) is 0. The first-order valence-corrected chi connectivity index (χ1v) is 0. The molecule has 0 nitrogen and oxygen atoms in total. The monoisotopic (exact) mass is 260 g/mol. The van der Waals surface area contributed by atoms with Gasteiger partial charge in [0.2, 0.25) is 0 Å². The van der Waals surface area contributed by atoms with Gasteiger partial charge in [-0.15, -0.1) is 0 Å². The molecule has 0 aliphatic rings. The second-order valence-electron chi connectivity index (χ2n) is 0. The van der Waals surface area contributed by atoms with E-state index in [4.69, 9.17) is 0 Å². The molecule has 18 valence electrons. The smallest absolute Gasteiger partial charge is 0 e. The van der Waals surface area contributed by atoms with E-state index < -0.39 is 0 Å². The van der Waals surface area contributed by atoms with Crippen molar-refractivity contribution in [2.45, 2.75) is 0 Å². The van der Waals surface area contributed by atoms with E-state index in [2.05, 4.69) is 0 Å². The predicted octanol–water partition coefficient (Wildman–Crippen LogP) is -2.10. The molecule has 0 saturated heterocycles. The quantitative estimate of drug-likeness (QED) is 0.438. The van der Waals surface area contributed by atoms with Gasteiger partial charge in [-0.05, 0) is 0 Å². The van der Waals surface area contributed by atoms with E-state index in [0.717, 1.165) is 0 Å². The van der Waals surface area contributed by atoms with E-state index in [9.17, 15) is 0 Å². The van der Waals surface area contributed by atoms with Crippen LogP contribution in [-0.2, 0) is 21.7 Å². The topological polar surface area (TPSA) is 0 Å². The second-order valence-corrected chi connectivity index (χ2v) is 0. The van der Waals surface area contributed by atoms with Crippen LogP contribution in [-0.4, -0.2) is 55.1 Å². The molecule has 0 heterocycles. The molecule has 4 heavy (non-hydrogen) atoms. The largest absolute Gasteiger partial charge is 0 e. The van der Waals surface area contributed by atoms with Crippen LogP contribution in [0.2, 0.25) is 0 Å². The Kier molecular flexibility index (Phi) is 97.8. The summed E-state index contributed by atoms with van der Waals surface area (Å²) in [5.41, 5.74) is 0. The third kappa shape index (κ3) is 9.30. The molecule has 0 N–H and O–H groups in total. The Hall–Kier alpha value is 3.88. The fraction of sp³-hybridized carbons (Fsp3) is 0. The SMILES string of the molecule is [AlH3].[CaH2].[Ce].[Ti]. The average Bonchev–Trinajstić information content (AvgIpc) is 0. The summed E-state index contributed by atoms with van der Waals surface area (Å²) >= 11 is 0. The van der Waals surface area contributed by atoms with Crippen LogP contribution in [0.3, 0.4) is 0 Å². The molecule has 0 saturated carbocycles. The van der Waals surface area contributed by atoms with Crippen molar-refractivity contribution >= 4 is 55.1 Å². The van der Waals surface area contributed by atoms with E-state index in [1.54, 1.807) is 0 Å². The molecule has 0 amide bonds. The molecule has 0 aliphatic carbocycles. The molecule has 4 heteroatoms. The standard InChI is InChI=1S/Al.Ca.Ce.Ti.5H. The summed E-state index contributed by atoms with van der Waals surface area (Å²) in [6.07, 6.45) is 0. The molecule has 0 aromatic heterocycles. The molecule has 0 aromatic carbocycles. The molecule has 0 radical (unpaired) electrons. The summed E-state index contributed by atoms with van der Waals surface area (Å²) in [7, 11) is 0. The van der Waals surface area contributed by atoms with Crippen LogP contribution >= 0.6 is 0 Å². The molecular weight excluding hydrogens is 255 g/mol. The van der Waals surface area contributed by atoms with Crippen LogP contribution in [0, 0.1) is 41.7 Å². The van der Waals surface area contributed by atoms with Gasteiger partial charge in [-0.1, -0.05) is 0 Å². The van der Waals surface area contributed by atoms with Crippen molar-refractivity contribution in [3.8, 4) is 0 Å². The maximum atomic E-state index is 0. The average molecular weight is 260 g/mol. The van der Waals surface area contributed by atoms with Crippen molar-refractivity contribution in [1.29, 1.82) is 0 Å². The van der Waals surface area contributed by atoms with Crippen molar-refractivity contribution in [3.63, 3.8) is 0 Å². The van der Waals surface area contributed by atoms with Gasteiger partial charge in [0.15, 0.2) is 17.4 Å². The maximum Gasteiger partial charge on any atom is 0 e. The van der Waals surface area contributed by atoms with E-state index in [0.29, 0.717) is 0 Å². The van der Waals surface area contributed by atoms with Gasteiger partial charge in [-0.2, -0.15) is 0 Å². The molecular formula is H5AlCaCeTi. The zero-order chi connectivity index (χ0) is 0. The molecule has 0 aromatic rings. The molecule has 0 atom stereocenters. The zero-order valence-electron chi connectivity index (χ0n) is 1.00. The number of hydrogen-bond donors (Lipinski definition) is 0. The summed E-state index contributed by atoms with van der Waals surface area (Å²) < 4.78 is 0. The van der Waals surface area contributed by atoms with Gasteiger partial charge in [0, 0.05) is 63.5 Å². The minimum absolute atomic E-state index is 0. The summed E-state index contributed by atoms with van der Waals surface area (Å²) in [4.78, 5) is 0. The van der Waals surface area contributed by atoms with E-state index in [1.807, 2.05) is 0 Å². The Bertz CT molecular complexity index is 8.00. The summed E-state index contributed by atoms with van der Waals surface area (Å²) in [5, 5.41) is 0. The van der Waals surface area contributed by atoms with Crippen LogP contribution < -0.4 is 0 Å². The van der Waals surface area contributed by atoms with Crippen LogP contribution in [0.25, 0.3) is 0 Å². The summed E-state index contributed by atoms with van der Waals surface area (Å²) in [6, 6.07) is 0. The molecule has 0 aliphatic heterocycles. The van der Waals surface area contributed by atoms with Crippen LogP contribution in [0.5, 0.6) is 0 Å². The first kappa shape index (κ1) is 24.8. The normalized spacial score (nSPS) is 0. The van der Waals surface area contributed by atoms with Gasteiger partial charge in [0.25, 0.3) is 0 Å². The first-order chi connectivity index (χ1) is 0. The van der Waals surface area contributed by atoms with Gasteiger partial charge in [0.1, 0.15) is 0 Å². The number of rotatable bonds is 0. The Morgan fingerprint density at radius 1 is 1.00 bits per heavy atom. The molecule has 0 spiro atoms. The van der Waals surface area contributed by atoms with Crippen molar-refractivity contribution < 1.29 is 63.5 Å². The predicted molar refractivity (Wildman–Crippen MR) is 18.5 cm³/mol. The van der Waals surface area contributed by atoms with Gasteiger partial charge < -0.3 is 0 Å². The van der Waals surface area contributed by atoms with E-state index in [-0.39, 0.29) is 119 Å². The maximum absolute atomic E-state index is 0. The minimum Gasteiger partial charge on any atom is 0 e. The fourth-order valence-electron chi connectivity index (χ4n) is 0. The van der Waals surface area contributed by atoms with Crippen LogP contribution in [0.15, 0.2) is 0 Å². The van der Waals surface area contributed by atoms with Gasteiger partial charge in [0.05, 0.1) is 0 Å². The van der Waals surface area contributed by atoms with Crippen LogP contribution in [0.1, 0.15) is 0 Å². The Balaban J connectivity index is 0. The molecule has 0 rings (SSSR count). The minimum atomic E-state index is 0. The Labute approximate surface area is 115 Å². The number of hydrogen-bond acceptors (Lipinski definition) is 0. The first-order valence-electron chi connectivity index (χ1n) is 0. The Morgan fingerprint density at radius 3 is 1.00 bits per heavy atom. The zero-order valence-corrected chi connectivity index (χ0v) is 5.70. The van der Waals surface area contributed by atoms with Gasteiger partial charge in [-0.25, -0.2) is 0 Å². The van der Waals surface area contributed by atoms with Crippen molar-refractivity contribution in [2.75, 3.05) is 0 Å². The fourth-order valence-corrected chi connectivity index (χ4v) is 0. The summed E-state index contributed by atoms with van der Waals surface area (Å²) in [6.45, 7) is 0. The van der Waals surface area contributed by atoms with Gasteiger partial charge >= 0.3 is 37.7 Å². The molecule has 0 unspecified atom stereocenters. The molecule has 0 bridgehead atoms. The van der Waals surface area contributed by atoms with Crippen LogP contribution in [0.4, 0.5) is 0 Å². The summed E-state index contributed by atoms with van der Waals surface area (Å²) in [5.74, 6) is 0.